The van der Waals surface area contributed by atoms with Crippen LogP contribution in [0, 0.1) is 6.92 Å². The van der Waals surface area contributed by atoms with Gasteiger partial charge in [0, 0.05) is 49.3 Å². The number of ether oxygens (including phenoxy) is 1. The minimum absolute atomic E-state index is 0.458. The molecule has 0 saturated carbocycles. The average molecular weight is 405 g/mol. The first kappa shape index (κ1) is 18.7. The number of hydrogen-bond donors (Lipinski definition) is 1. The Bertz CT molecular complexity index is 866. The molecule has 1 fully saturated rings. The molecule has 2 aliphatic heterocycles. The van der Waals surface area contributed by atoms with Gasteiger partial charge in [0.2, 0.25) is 0 Å². The number of thiophene rings is 1. The van der Waals surface area contributed by atoms with Crippen LogP contribution < -0.4 is 5.32 Å². The van der Waals surface area contributed by atoms with E-state index in [1.165, 1.54) is 10.4 Å². The number of methoxy groups -OCH3 is 1. The Hall–Kier alpha value is -1.60. The number of hydrogen-bond acceptors (Lipinski definition) is 6. The molecule has 0 radical (unpaired) electrons. The first-order chi connectivity index (χ1) is 13.0. The van der Waals surface area contributed by atoms with Gasteiger partial charge in [-0.2, -0.15) is 0 Å². The molecule has 1 atom stereocenters. The van der Waals surface area contributed by atoms with Crippen LogP contribution in [0.4, 0.5) is 16.4 Å². The maximum Gasteiger partial charge on any atom is 0.139 e. The van der Waals surface area contributed by atoms with Crippen LogP contribution in [0.1, 0.15) is 16.9 Å². The highest BCUT2D eigenvalue weighted by atomic mass is 35.5. The SMILES string of the molecule is COCC[C@H]1CN(C2=Nc3cc(Cl)ccc3Nc3sc(C)cc32)CCN1C. The molecule has 5 nitrogen and oxygen atoms in total. The number of likely N-dealkylation sites (N-methyl/N-ethyl adjacent to an activating group) is 1. The predicted octanol–water partition coefficient (Wildman–Crippen LogP) is 4.50. The molecule has 0 amide bonds. The van der Waals surface area contributed by atoms with Crippen LogP contribution in [0.5, 0.6) is 0 Å². The third kappa shape index (κ3) is 3.85. The van der Waals surface area contributed by atoms with Gasteiger partial charge in [-0.05, 0) is 44.7 Å². The zero-order valence-electron chi connectivity index (χ0n) is 16.0. The first-order valence-corrected chi connectivity index (χ1v) is 10.4. The number of aryl methyl sites for hydroxylation is 1. The van der Waals surface area contributed by atoms with Gasteiger partial charge < -0.3 is 15.0 Å². The number of piperazine rings is 1. The molecule has 1 aromatic carbocycles. The van der Waals surface area contributed by atoms with Crippen molar-refractivity contribution >= 4 is 45.1 Å². The summed E-state index contributed by atoms with van der Waals surface area (Å²) in [5.41, 5.74) is 3.08. The number of nitrogens with zero attached hydrogens (tertiary/aromatic N) is 3. The molecule has 1 N–H and O–H groups in total. The largest absolute Gasteiger partial charge is 0.385 e. The van der Waals surface area contributed by atoms with Gasteiger partial charge in [-0.1, -0.05) is 11.6 Å². The smallest absolute Gasteiger partial charge is 0.139 e. The van der Waals surface area contributed by atoms with Crippen molar-refractivity contribution < 1.29 is 4.74 Å². The molecule has 27 heavy (non-hydrogen) atoms. The molecule has 4 rings (SSSR count). The summed E-state index contributed by atoms with van der Waals surface area (Å²) in [6.45, 7) is 5.85. The van der Waals surface area contributed by atoms with Gasteiger partial charge in [-0.25, -0.2) is 4.99 Å². The van der Waals surface area contributed by atoms with Crippen LogP contribution in [-0.4, -0.2) is 62.1 Å². The number of anilines is 2. The van der Waals surface area contributed by atoms with Crippen molar-refractivity contribution in [3.63, 3.8) is 0 Å². The summed E-state index contributed by atoms with van der Waals surface area (Å²) in [6.07, 6.45) is 1.02. The van der Waals surface area contributed by atoms with Gasteiger partial charge in [0.15, 0.2) is 0 Å². The Labute approximate surface area is 169 Å². The Kier molecular flexibility index (Phi) is 5.41. The molecule has 1 aromatic heterocycles. The van der Waals surface area contributed by atoms with Gasteiger partial charge in [0.05, 0.1) is 16.9 Å². The van der Waals surface area contributed by atoms with Crippen molar-refractivity contribution in [2.75, 3.05) is 45.7 Å². The van der Waals surface area contributed by atoms with Crippen LogP contribution in [0.15, 0.2) is 29.3 Å². The van der Waals surface area contributed by atoms with E-state index in [9.17, 15) is 0 Å². The van der Waals surface area contributed by atoms with Gasteiger partial charge in [0.25, 0.3) is 0 Å². The second kappa shape index (κ2) is 7.80. The molecule has 0 bridgehead atoms. The van der Waals surface area contributed by atoms with E-state index in [0.29, 0.717) is 11.1 Å². The fourth-order valence-corrected chi connectivity index (χ4v) is 4.80. The zero-order chi connectivity index (χ0) is 19.0. The van der Waals surface area contributed by atoms with Gasteiger partial charge in [-0.3, -0.25) is 4.90 Å². The zero-order valence-corrected chi connectivity index (χ0v) is 17.5. The lowest BCUT2D eigenvalue weighted by Gasteiger charge is -2.40. The van der Waals surface area contributed by atoms with Crippen molar-refractivity contribution in [1.29, 1.82) is 0 Å². The number of rotatable bonds is 3. The molecule has 3 heterocycles. The van der Waals surface area contributed by atoms with E-state index in [2.05, 4.69) is 35.2 Å². The second-order valence-electron chi connectivity index (χ2n) is 7.18. The van der Waals surface area contributed by atoms with E-state index in [1.54, 1.807) is 18.4 Å². The van der Waals surface area contributed by atoms with E-state index in [1.807, 2.05) is 18.2 Å². The maximum atomic E-state index is 6.24. The van der Waals surface area contributed by atoms with Gasteiger partial charge in [0.1, 0.15) is 10.8 Å². The third-order valence-electron chi connectivity index (χ3n) is 5.26. The average Bonchev–Trinajstić information content (AvgIpc) is 2.94. The van der Waals surface area contributed by atoms with E-state index in [4.69, 9.17) is 21.3 Å². The van der Waals surface area contributed by atoms with Crippen LogP contribution in [-0.2, 0) is 4.74 Å². The lowest BCUT2D eigenvalue weighted by Crippen LogP contribution is -2.53. The Morgan fingerprint density at radius 2 is 2.19 bits per heavy atom. The summed E-state index contributed by atoms with van der Waals surface area (Å²) in [5.74, 6) is 1.04. The molecule has 0 unspecified atom stereocenters. The summed E-state index contributed by atoms with van der Waals surface area (Å²) in [6, 6.07) is 8.55. The highest BCUT2D eigenvalue weighted by Gasteiger charge is 2.29. The molecular formula is C20H25ClN4OS. The number of amidine groups is 1. The van der Waals surface area contributed by atoms with E-state index < -0.39 is 0 Å². The Morgan fingerprint density at radius 3 is 3.00 bits per heavy atom. The Balaban J connectivity index is 1.72. The van der Waals surface area contributed by atoms with E-state index in [0.717, 1.165) is 54.9 Å². The number of nitrogens with one attached hydrogen (secondary N) is 1. The van der Waals surface area contributed by atoms with Crippen LogP contribution in [0.25, 0.3) is 0 Å². The summed E-state index contributed by atoms with van der Waals surface area (Å²) in [7, 11) is 3.96. The molecule has 144 valence electrons. The normalized spacial score (nSPS) is 19.8. The van der Waals surface area contributed by atoms with E-state index >= 15 is 0 Å². The maximum absolute atomic E-state index is 6.24. The first-order valence-electron chi connectivity index (χ1n) is 9.25. The topological polar surface area (TPSA) is 40.1 Å². The van der Waals surface area contributed by atoms with Crippen molar-refractivity contribution in [3.8, 4) is 0 Å². The summed E-state index contributed by atoms with van der Waals surface area (Å²) in [4.78, 5) is 11.2. The lowest BCUT2D eigenvalue weighted by molar-refractivity contribution is 0.100. The number of benzene rings is 1. The summed E-state index contributed by atoms with van der Waals surface area (Å²) in [5, 5.41) is 5.42. The number of fused-ring (bicyclic) bond motifs is 2. The van der Waals surface area contributed by atoms with Crippen molar-refractivity contribution in [2.45, 2.75) is 19.4 Å². The summed E-state index contributed by atoms with van der Waals surface area (Å²) < 4.78 is 5.31. The number of aliphatic imine (C=N–C) groups is 1. The quantitative estimate of drug-likeness (QED) is 0.817. The van der Waals surface area contributed by atoms with Gasteiger partial charge in [-0.15, -0.1) is 11.3 Å². The van der Waals surface area contributed by atoms with E-state index in [-0.39, 0.29) is 0 Å². The predicted molar refractivity (Wildman–Crippen MR) is 114 cm³/mol. The van der Waals surface area contributed by atoms with Crippen molar-refractivity contribution in [3.05, 3.63) is 39.7 Å². The monoisotopic (exact) mass is 404 g/mol. The lowest BCUT2D eigenvalue weighted by atomic mass is 10.1. The molecule has 2 aromatic rings. The van der Waals surface area contributed by atoms with Crippen LogP contribution in [0.2, 0.25) is 5.02 Å². The highest BCUT2D eigenvalue weighted by molar-refractivity contribution is 7.16. The van der Waals surface area contributed by atoms with Crippen LogP contribution in [0.3, 0.4) is 0 Å². The molecule has 0 spiro atoms. The fourth-order valence-electron chi connectivity index (χ4n) is 3.72. The standard InChI is InChI=1S/C20H25ClN4OS/c1-13-10-16-19(25-8-7-24(2)15(12-25)6-9-26-3)22-18-11-14(21)4-5-17(18)23-20(16)27-13/h4-5,10-11,15,23H,6-9,12H2,1-3H3/t15-/m0/s1. The minimum Gasteiger partial charge on any atom is -0.385 e. The van der Waals surface area contributed by atoms with Crippen molar-refractivity contribution in [2.24, 2.45) is 4.99 Å². The highest BCUT2D eigenvalue weighted by Crippen LogP contribution is 2.40. The Morgan fingerprint density at radius 1 is 1.33 bits per heavy atom. The number of halogens is 1. The molecule has 7 heteroatoms. The third-order valence-corrected chi connectivity index (χ3v) is 6.46. The molecule has 0 aliphatic carbocycles. The second-order valence-corrected chi connectivity index (χ2v) is 8.88. The molecule has 1 saturated heterocycles. The molecular weight excluding hydrogens is 380 g/mol. The fraction of sp³-hybridized carbons (Fsp3) is 0.450. The minimum atomic E-state index is 0.458. The van der Waals surface area contributed by atoms with Gasteiger partial charge >= 0.3 is 0 Å². The molecule has 2 aliphatic rings. The summed E-state index contributed by atoms with van der Waals surface area (Å²) >= 11 is 8.02. The van der Waals surface area contributed by atoms with Crippen molar-refractivity contribution in [1.82, 2.24) is 9.80 Å². The van der Waals surface area contributed by atoms with Crippen LogP contribution >= 0.6 is 22.9 Å².